The maximum Gasteiger partial charge on any atom is 0.161 e. The summed E-state index contributed by atoms with van der Waals surface area (Å²) in [6, 6.07) is 15.5. The third-order valence-corrected chi connectivity index (χ3v) is 4.30. The molecule has 0 bridgehead atoms. The molecule has 3 nitrogen and oxygen atoms in total. The van der Waals surface area contributed by atoms with E-state index >= 15 is 0 Å². The van der Waals surface area contributed by atoms with Crippen LogP contribution in [0.15, 0.2) is 61.4 Å². The van der Waals surface area contributed by atoms with Crippen molar-refractivity contribution in [2.24, 2.45) is 0 Å². The third-order valence-electron chi connectivity index (χ3n) is 4.30. The van der Waals surface area contributed by atoms with Crippen molar-refractivity contribution in [3.8, 4) is 23.7 Å². The summed E-state index contributed by atoms with van der Waals surface area (Å²) in [4.78, 5) is 0. The molecule has 3 heteroatoms. The van der Waals surface area contributed by atoms with Gasteiger partial charge in [0.25, 0.3) is 0 Å². The Balaban J connectivity index is 1.99. The Kier molecular flexibility index (Phi) is 6.98. The van der Waals surface area contributed by atoms with Gasteiger partial charge in [0.1, 0.15) is 11.5 Å². The van der Waals surface area contributed by atoms with Crippen molar-refractivity contribution in [2.45, 2.75) is 38.5 Å². The highest BCUT2D eigenvalue weighted by Crippen LogP contribution is 2.33. The molecule has 2 rings (SSSR count). The van der Waals surface area contributed by atoms with Crippen molar-refractivity contribution in [1.29, 1.82) is 0 Å². The van der Waals surface area contributed by atoms with Gasteiger partial charge in [0.2, 0.25) is 0 Å². The molecule has 1 N–H and O–H groups in total. The van der Waals surface area contributed by atoms with Crippen LogP contribution < -0.4 is 4.74 Å². The Labute approximate surface area is 149 Å². The highest BCUT2D eigenvalue weighted by molar-refractivity contribution is 5.32. The van der Waals surface area contributed by atoms with Crippen molar-refractivity contribution in [3.63, 3.8) is 0 Å². The molecule has 25 heavy (non-hydrogen) atoms. The molecule has 2 unspecified atom stereocenters. The molecule has 0 aromatic heterocycles. The van der Waals surface area contributed by atoms with Crippen LogP contribution >= 0.6 is 0 Å². The summed E-state index contributed by atoms with van der Waals surface area (Å²) in [6.45, 7) is 7.83. The molecule has 2 atom stereocenters. The molecule has 0 heterocycles. The summed E-state index contributed by atoms with van der Waals surface area (Å²) in [5, 5.41) is 9.45. The average Bonchev–Trinajstić information content (AvgIpc) is 2.64. The second kappa shape index (κ2) is 9.44. The molecule has 0 saturated carbocycles. The van der Waals surface area contributed by atoms with Crippen molar-refractivity contribution < 1.29 is 14.6 Å². The fraction of sp³-hybridized carbons (Fsp3) is 0.273. The lowest BCUT2D eigenvalue weighted by atomic mass is 9.84. The van der Waals surface area contributed by atoms with Crippen LogP contribution in [0.25, 0.3) is 0 Å². The zero-order chi connectivity index (χ0) is 18.1. The summed E-state index contributed by atoms with van der Waals surface area (Å²) in [5.41, 5.74) is 2.53. The molecule has 0 radical (unpaired) electrons. The van der Waals surface area contributed by atoms with E-state index in [1.165, 1.54) is 17.4 Å². The molecule has 0 fully saturated rings. The van der Waals surface area contributed by atoms with Gasteiger partial charge in [0.05, 0.1) is 6.26 Å². The maximum atomic E-state index is 9.45. The molecule has 0 saturated heterocycles. The van der Waals surface area contributed by atoms with E-state index in [4.69, 9.17) is 4.74 Å². The predicted molar refractivity (Wildman–Crippen MR) is 100 cm³/mol. The van der Waals surface area contributed by atoms with Crippen LogP contribution in [0.5, 0.6) is 11.5 Å². The van der Waals surface area contributed by atoms with E-state index in [2.05, 4.69) is 49.5 Å². The molecular weight excluding hydrogens is 312 g/mol. The highest BCUT2D eigenvalue weighted by atomic mass is 16.5. The SMILES string of the molecule is C=COC#COc1ccc(C(C)CC(CC)c2ccc(O)cc2)cc1. The van der Waals surface area contributed by atoms with E-state index in [0.717, 1.165) is 12.8 Å². The summed E-state index contributed by atoms with van der Waals surface area (Å²) in [7, 11) is 0. The van der Waals surface area contributed by atoms with Gasteiger partial charge in [0, 0.05) is 0 Å². The standard InChI is InChI=1S/C22H24O3/c1-4-18(20-6-10-21(23)11-7-20)16-17(3)19-8-12-22(13-9-19)25-15-14-24-5-2/h5-13,17-18,23H,2,4,16H2,1,3H3. The zero-order valence-corrected chi connectivity index (χ0v) is 14.7. The molecule has 0 spiro atoms. The van der Waals surface area contributed by atoms with Crippen molar-refractivity contribution in [2.75, 3.05) is 0 Å². The third kappa shape index (κ3) is 5.61. The maximum absolute atomic E-state index is 9.45. The van der Waals surface area contributed by atoms with Crippen LogP contribution in [0.4, 0.5) is 0 Å². The first-order chi connectivity index (χ1) is 12.1. The first kappa shape index (κ1) is 18.5. The Morgan fingerprint density at radius 3 is 2.28 bits per heavy atom. The highest BCUT2D eigenvalue weighted by Gasteiger charge is 2.15. The second-order valence-corrected chi connectivity index (χ2v) is 5.99. The van der Waals surface area contributed by atoms with Gasteiger partial charge in [0.15, 0.2) is 12.2 Å². The van der Waals surface area contributed by atoms with Crippen LogP contribution in [0, 0.1) is 12.2 Å². The fourth-order valence-corrected chi connectivity index (χ4v) is 2.86. The normalized spacial score (nSPS) is 12.4. The smallest absolute Gasteiger partial charge is 0.161 e. The van der Waals surface area contributed by atoms with Crippen LogP contribution in [0.1, 0.15) is 49.7 Å². The largest absolute Gasteiger partial charge is 0.508 e. The molecule has 0 aliphatic rings. The minimum atomic E-state index is 0.309. The second-order valence-electron chi connectivity index (χ2n) is 5.99. The molecule has 0 aliphatic heterocycles. The molecule has 130 valence electrons. The van der Waals surface area contributed by atoms with Crippen LogP contribution in [-0.2, 0) is 4.74 Å². The minimum Gasteiger partial charge on any atom is -0.508 e. The van der Waals surface area contributed by atoms with Gasteiger partial charge in [-0.15, -0.1) is 0 Å². The van der Waals surface area contributed by atoms with Crippen LogP contribution in [0.2, 0.25) is 0 Å². The Morgan fingerprint density at radius 2 is 1.68 bits per heavy atom. The number of rotatable bonds is 7. The fourth-order valence-electron chi connectivity index (χ4n) is 2.86. The lowest BCUT2D eigenvalue weighted by Gasteiger charge is -2.21. The number of aromatic hydroxyl groups is 1. The Hall–Kier alpha value is -2.86. The summed E-state index contributed by atoms with van der Waals surface area (Å²) in [5.74, 6) is 1.88. The summed E-state index contributed by atoms with van der Waals surface area (Å²) < 4.78 is 9.95. The van der Waals surface area contributed by atoms with E-state index in [9.17, 15) is 5.11 Å². The monoisotopic (exact) mass is 336 g/mol. The predicted octanol–water partition coefficient (Wildman–Crippen LogP) is 5.54. The van der Waals surface area contributed by atoms with Gasteiger partial charge in [-0.1, -0.05) is 44.7 Å². The summed E-state index contributed by atoms with van der Waals surface area (Å²) in [6.07, 6.45) is 8.19. The van der Waals surface area contributed by atoms with E-state index < -0.39 is 0 Å². The molecule has 0 amide bonds. The number of hydrogen-bond acceptors (Lipinski definition) is 3. The minimum absolute atomic E-state index is 0.309. The van der Waals surface area contributed by atoms with Gasteiger partial charge >= 0.3 is 0 Å². The number of benzene rings is 2. The first-order valence-corrected chi connectivity index (χ1v) is 8.46. The quantitative estimate of drug-likeness (QED) is 0.533. The van der Waals surface area contributed by atoms with Crippen molar-refractivity contribution in [3.05, 3.63) is 72.5 Å². The van der Waals surface area contributed by atoms with E-state index in [-0.39, 0.29) is 0 Å². The average molecular weight is 336 g/mol. The number of phenolic OH excluding ortho intramolecular Hbond substituents is 1. The molecular formula is C22H24O3. The zero-order valence-electron chi connectivity index (χ0n) is 14.7. The molecule has 0 aliphatic carbocycles. The summed E-state index contributed by atoms with van der Waals surface area (Å²) >= 11 is 0. The Bertz CT molecular complexity index is 721. The van der Waals surface area contributed by atoms with E-state index in [1.54, 1.807) is 12.1 Å². The lowest BCUT2D eigenvalue weighted by Crippen LogP contribution is -2.03. The van der Waals surface area contributed by atoms with Crippen molar-refractivity contribution in [1.82, 2.24) is 0 Å². The van der Waals surface area contributed by atoms with Crippen LogP contribution in [-0.4, -0.2) is 5.11 Å². The van der Waals surface area contributed by atoms with Gasteiger partial charge in [-0.05, 0) is 60.1 Å². The number of ether oxygens (including phenoxy) is 2. The van der Waals surface area contributed by atoms with Gasteiger partial charge in [-0.2, -0.15) is 0 Å². The topological polar surface area (TPSA) is 38.7 Å². The number of hydrogen-bond donors (Lipinski definition) is 1. The first-order valence-electron chi connectivity index (χ1n) is 8.46. The van der Waals surface area contributed by atoms with E-state index in [0.29, 0.717) is 23.3 Å². The van der Waals surface area contributed by atoms with Gasteiger partial charge < -0.3 is 14.6 Å². The molecule has 2 aromatic rings. The Morgan fingerprint density at radius 1 is 1.04 bits per heavy atom. The van der Waals surface area contributed by atoms with Crippen molar-refractivity contribution >= 4 is 0 Å². The van der Waals surface area contributed by atoms with Crippen LogP contribution in [0.3, 0.4) is 0 Å². The van der Waals surface area contributed by atoms with Gasteiger partial charge in [-0.25, -0.2) is 0 Å². The van der Waals surface area contributed by atoms with Gasteiger partial charge in [-0.3, -0.25) is 0 Å². The molecule has 2 aromatic carbocycles. The number of phenols is 1. The van der Waals surface area contributed by atoms with E-state index in [1.807, 2.05) is 24.3 Å². The lowest BCUT2D eigenvalue weighted by molar-refractivity contribution is 0.426.